The van der Waals surface area contributed by atoms with E-state index in [9.17, 15) is 19.2 Å². The molecule has 2 N–H and O–H groups in total. The lowest BCUT2D eigenvalue weighted by Crippen LogP contribution is -2.37. The molecule has 1 rings (SSSR count). The maximum Gasteiger partial charge on any atom is 0.514 e. The number of hydrogen-bond donors (Lipinski definition) is 1. The molecule has 0 aromatic heterocycles. The second-order valence-electron chi connectivity index (χ2n) is 11.4. The normalized spacial score (nSPS) is 13.9. The van der Waals surface area contributed by atoms with Gasteiger partial charge in [0.2, 0.25) is 0 Å². The molecule has 0 aliphatic heterocycles. The summed E-state index contributed by atoms with van der Waals surface area (Å²) in [5, 5.41) is 0. The van der Waals surface area contributed by atoms with Crippen LogP contribution in [0.25, 0.3) is 0 Å². The summed E-state index contributed by atoms with van der Waals surface area (Å²) in [5.41, 5.74) is 4.90. The summed E-state index contributed by atoms with van der Waals surface area (Å²) >= 11 is 0. The highest BCUT2D eigenvalue weighted by Crippen LogP contribution is 2.31. The van der Waals surface area contributed by atoms with Gasteiger partial charge in [-0.05, 0) is 78.5 Å². The van der Waals surface area contributed by atoms with Crippen molar-refractivity contribution >= 4 is 24.2 Å². The van der Waals surface area contributed by atoms with Crippen molar-refractivity contribution in [1.82, 2.24) is 0 Å². The van der Waals surface area contributed by atoms with E-state index in [2.05, 4.69) is 0 Å². The van der Waals surface area contributed by atoms with Gasteiger partial charge in [0.15, 0.2) is 11.5 Å². The van der Waals surface area contributed by atoms with E-state index in [0.717, 1.165) is 6.42 Å². The van der Waals surface area contributed by atoms with E-state index in [1.54, 1.807) is 54.5 Å². The fraction of sp³-hybridized carbons (Fsp3) is 0.643. The third kappa shape index (κ3) is 14.4. The summed E-state index contributed by atoms with van der Waals surface area (Å²) in [6, 6.07) is 3.26. The van der Waals surface area contributed by atoms with Crippen molar-refractivity contribution in [3.05, 3.63) is 23.8 Å². The number of ether oxygens (including phenoxy) is 6. The third-order valence-electron chi connectivity index (χ3n) is 4.94. The van der Waals surface area contributed by atoms with Crippen LogP contribution in [0.1, 0.15) is 80.7 Å². The average Bonchev–Trinajstić information content (AvgIpc) is 2.76. The van der Waals surface area contributed by atoms with Crippen LogP contribution in [-0.4, -0.2) is 54.2 Å². The van der Waals surface area contributed by atoms with Crippen molar-refractivity contribution < 1.29 is 47.6 Å². The summed E-state index contributed by atoms with van der Waals surface area (Å²) in [7, 11) is 0. The lowest BCUT2D eigenvalue weighted by molar-refractivity contribution is -0.159. The van der Waals surface area contributed by atoms with E-state index in [4.69, 9.17) is 34.2 Å². The van der Waals surface area contributed by atoms with Gasteiger partial charge in [0.05, 0.1) is 0 Å². The molecule has 0 aliphatic rings. The largest absolute Gasteiger partial charge is 0.514 e. The van der Waals surface area contributed by atoms with Crippen LogP contribution in [0.5, 0.6) is 11.5 Å². The second-order valence-corrected chi connectivity index (χ2v) is 11.4. The fourth-order valence-electron chi connectivity index (χ4n) is 2.92. The minimum absolute atomic E-state index is 0.0107. The molecule has 0 saturated heterocycles. The molecule has 11 nitrogen and oxygen atoms in total. The van der Waals surface area contributed by atoms with Crippen molar-refractivity contribution in [3.63, 3.8) is 0 Å². The topological polar surface area (TPSA) is 150 Å². The van der Waals surface area contributed by atoms with Crippen molar-refractivity contribution in [2.24, 2.45) is 11.7 Å². The van der Waals surface area contributed by atoms with Crippen LogP contribution >= 0.6 is 0 Å². The molecule has 0 radical (unpaired) electrons. The van der Waals surface area contributed by atoms with Gasteiger partial charge in [-0.15, -0.1) is 0 Å². The Kier molecular flexibility index (Phi) is 12.7. The molecule has 0 aliphatic carbocycles. The highest BCUT2D eigenvalue weighted by atomic mass is 16.8. The predicted molar refractivity (Wildman–Crippen MR) is 142 cm³/mol. The second kappa shape index (κ2) is 14.7. The lowest BCUT2D eigenvalue weighted by Gasteiger charge is -2.21. The zero-order valence-electron chi connectivity index (χ0n) is 24.5. The molecule has 11 heteroatoms. The van der Waals surface area contributed by atoms with Gasteiger partial charge in [-0.3, -0.25) is 9.59 Å². The standard InChI is InChI=1S/C28H43NO10/c1-10-17(2)13-23(30)34-16-18(3)35-24(31)20(29)14-19-11-12-21(36-25(32)38-27(4,5)6)22(15-19)37-26(33)39-28(7,8)9/h11-12,15,17-18,20H,10,13-14,16,29H2,1-9H3/t17?,18-,20-/m0/s1. The minimum atomic E-state index is -1.07. The van der Waals surface area contributed by atoms with Crippen LogP contribution in [0, 0.1) is 5.92 Å². The Morgan fingerprint density at radius 1 is 0.872 bits per heavy atom. The van der Waals surface area contributed by atoms with Gasteiger partial charge in [0.25, 0.3) is 0 Å². The number of carbonyl (C=O) groups excluding carboxylic acids is 4. The molecule has 0 saturated carbocycles. The van der Waals surface area contributed by atoms with E-state index in [-0.39, 0.29) is 42.8 Å². The molecule has 39 heavy (non-hydrogen) atoms. The van der Waals surface area contributed by atoms with Gasteiger partial charge in [0, 0.05) is 6.42 Å². The first-order chi connectivity index (χ1) is 17.9. The first-order valence-electron chi connectivity index (χ1n) is 12.9. The smallest absolute Gasteiger partial charge is 0.462 e. The Bertz CT molecular complexity index is 993. The van der Waals surface area contributed by atoms with E-state index >= 15 is 0 Å². The molecule has 0 heterocycles. The third-order valence-corrected chi connectivity index (χ3v) is 4.94. The molecule has 3 atom stereocenters. The highest BCUT2D eigenvalue weighted by molar-refractivity contribution is 5.76. The number of carbonyl (C=O) groups is 4. The van der Waals surface area contributed by atoms with Gasteiger partial charge in [-0.2, -0.15) is 0 Å². The Morgan fingerprint density at radius 3 is 1.92 bits per heavy atom. The van der Waals surface area contributed by atoms with Gasteiger partial charge >= 0.3 is 24.2 Å². The van der Waals surface area contributed by atoms with Crippen LogP contribution < -0.4 is 15.2 Å². The number of benzene rings is 1. The van der Waals surface area contributed by atoms with Crippen LogP contribution in [-0.2, 0) is 35.0 Å². The predicted octanol–water partition coefficient (Wildman–Crippen LogP) is 5.10. The van der Waals surface area contributed by atoms with Gasteiger partial charge in [0.1, 0.15) is 30.0 Å². The maximum atomic E-state index is 12.5. The van der Waals surface area contributed by atoms with E-state index in [1.165, 1.54) is 12.1 Å². The summed E-state index contributed by atoms with van der Waals surface area (Å²) in [5.74, 6) is -1.08. The Morgan fingerprint density at radius 2 is 1.41 bits per heavy atom. The zero-order chi connectivity index (χ0) is 30.0. The number of rotatable bonds is 11. The Hall–Kier alpha value is -3.34. The highest BCUT2D eigenvalue weighted by Gasteiger charge is 2.25. The van der Waals surface area contributed by atoms with Crippen LogP contribution in [0.2, 0.25) is 0 Å². The number of hydrogen-bond acceptors (Lipinski definition) is 11. The number of esters is 2. The summed E-state index contributed by atoms with van der Waals surface area (Å²) < 4.78 is 31.3. The first-order valence-corrected chi connectivity index (χ1v) is 12.9. The summed E-state index contributed by atoms with van der Waals surface area (Å²) in [4.78, 5) is 48.8. The number of nitrogens with two attached hydrogens (primary N) is 1. The van der Waals surface area contributed by atoms with E-state index in [1.807, 2.05) is 13.8 Å². The molecule has 1 aromatic carbocycles. The average molecular weight is 554 g/mol. The van der Waals surface area contributed by atoms with Crippen molar-refractivity contribution in [3.8, 4) is 11.5 Å². The van der Waals surface area contributed by atoms with Crippen molar-refractivity contribution in [1.29, 1.82) is 0 Å². The van der Waals surface area contributed by atoms with Crippen LogP contribution in [0.4, 0.5) is 9.59 Å². The molecule has 0 amide bonds. The molecule has 0 fully saturated rings. The van der Waals surface area contributed by atoms with Crippen molar-refractivity contribution in [2.75, 3.05) is 6.61 Å². The Labute approximate surface area is 230 Å². The fourth-order valence-corrected chi connectivity index (χ4v) is 2.92. The molecule has 1 aromatic rings. The quantitative estimate of drug-likeness (QED) is 0.222. The summed E-state index contributed by atoms with van der Waals surface area (Å²) in [6.07, 6.45) is -1.56. The van der Waals surface area contributed by atoms with Crippen molar-refractivity contribution in [2.45, 2.75) is 105 Å². The molecule has 0 spiro atoms. The monoisotopic (exact) mass is 553 g/mol. The molecule has 0 bridgehead atoms. The maximum absolute atomic E-state index is 12.5. The Balaban J connectivity index is 2.91. The van der Waals surface area contributed by atoms with E-state index < -0.39 is 41.6 Å². The molecule has 1 unspecified atom stereocenters. The van der Waals surface area contributed by atoms with Crippen LogP contribution in [0.3, 0.4) is 0 Å². The molecular weight excluding hydrogens is 510 g/mol. The van der Waals surface area contributed by atoms with Gasteiger partial charge < -0.3 is 34.2 Å². The van der Waals surface area contributed by atoms with E-state index in [0.29, 0.717) is 5.56 Å². The first kappa shape index (κ1) is 33.7. The van der Waals surface area contributed by atoms with Crippen LogP contribution in [0.15, 0.2) is 18.2 Å². The SMILES string of the molecule is CCC(C)CC(=O)OC[C@H](C)OC(=O)[C@@H](N)Cc1ccc(OC(=O)OC(C)(C)C)c(OC(=O)OC(C)(C)C)c1. The van der Waals surface area contributed by atoms with Gasteiger partial charge in [-0.1, -0.05) is 26.3 Å². The molecule has 220 valence electrons. The van der Waals surface area contributed by atoms with Gasteiger partial charge in [-0.25, -0.2) is 9.59 Å². The molecular formula is C28H43NO10. The zero-order valence-corrected chi connectivity index (χ0v) is 24.5. The summed E-state index contributed by atoms with van der Waals surface area (Å²) in [6.45, 7) is 15.5. The lowest BCUT2D eigenvalue weighted by atomic mass is 10.1. The minimum Gasteiger partial charge on any atom is -0.462 e.